The Kier molecular flexibility index (Phi) is 3.78. The van der Waals surface area contributed by atoms with Gasteiger partial charge in [0.15, 0.2) is 0 Å². The maximum atomic E-state index is 5.84. The summed E-state index contributed by atoms with van der Waals surface area (Å²) < 4.78 is 11.0. The highest BCUT2D eigenvalue weighted by molar-refractivity contribution is 5.34. The van der Waals surface area contributed by atoms with Crippen molar-refractivity contribution in [2.24, 2.45) is 0 Å². The maximum absolute atomic E-state index is 5.84. The summed E-state index contributed by atoms with van der Waals surface area (Å²) in [6.07, 6.45) is 1.77. The lowest BCUT2D eigenvalue weighted by atomic mass is 10.1. The first-order chi connectivity index (χ1) is 9.86. The molecular formula is C15H17N3O2. The van der Waals surface area contributed by atoms with E-state index in [0.29, 0.717) is 18.4 Å². The number of methoxy groups -OCH3 is 1. The number of benzene rings is 1. The lowest BCUT2D eigenvalue weighted by molar-refractivity contribution is 0.0392. The van der Waals surface area contributed by atoms with Gasteiger partial charge in [0.25, 0.3) is 0 Å². The van der Waals surface area contributed by atoms with Crippen molar-refractivity contribution in [3.05, 3.63) is 48.2 Å². The third kappa shape index (κ3) is 2.72. The highest BCUT2D eigenvalue weighted by Crippen LogP contribution is 2.24. The molecular weight excluding hydrogens is 254 g/mol. The van der Waals surface area contributed by atoms with E-state index >= 15 is 0 Å². The van der Waals surface area contributed by atoms with Crippen molar-refractivity contribution in [1.29, 1.82) is 0 Å². The summed E-state index contributed by atoms with van der Waals surface area (Å²) >= 11 is 0. The minimum atomic E-state index is 0.0553. The first-order valence-electron chi connectivity index (χ1n) is 6.65. The molecule has 1 aliphatic heterocycles. The van der Waals surface area contributed by atoms with Gasteiger partial charge in [-0.05, 0) is 5.56 Å². The summed E-state index contributed by atoms with van der Waals surface area (Å²) in [5.41, 5.74) is 1.18. The second-order valence-electron chi connectivity index (χ2n) is 4.62. The predicted octanol–water partition coefficient (Wildman–Crippen LogP) is 2.06. The molecule has 3 rings (SSSR count). The molecule has 1 saturated heterocycles. The number of ether oxygens (including phenoxy) is 2. The van der Waals surface area contributed by atoms with Gasteiger partial charge in [0.1, 0.15) is 6.10 Å². The van der Waals surface area contributed by atoms with Crippen LogP contribution >= 0.6 is 0 Å². The van der Waals surface area contributed by atoms with E-state index < -0.39 is 0 Å². The molecule has 0 saturated carbocycles. The number of aromatic nitrogens is 2. The Morgan fingerprint density at radius 3 is 2.90 bits per heavy atom. The summed E-state index contributed by atoms with van der Waals surface area (Å²) in [4.78, 5) is 10.8. The highest BCUT2D eigenvalue weighted by atomic mass is 16.5. The van der Waals surface area contributed by atoms with Gasteiger partial charge >= 0.3 is 0 Å². The molecule has 0 N–H and O–H groups in total. The Labute approximate surface area is 118 Å². The summed E-state index contributed by atoms with van der Waals surface area (Å²) in [6.45, 7) is 2.20. The van der Waals surface area contributed by atoms with Gasteiger partial charge in [-0.3, -0.25) is 0 Å². The molecule has 0 amide bonds. The van der Waals surface area contributed by atoms with E-state index in [0.717, 1.165) is 13.1 Å². The molecule has 0 radical (unpaired) electrons. The summed E-state index contributed by atoms with van der Waals surface area (Å²) in [5.74, 6) is 1.27. The van der Waals surface area contributed by atoms with E-state index in [4.69, 9.17) is 9.47 Å². The van der Waals surface area contributed by atoms with Gasteiger partial charge in [0.05, 0.1) is 20.3 Å². The Morgan fingerprint density at radius 2 is 2.10 bits per heavy atom. The van der Waals surface area contributed by atoms with Crippen LogP contribution in [0.4, 0.5) is 5.95 Å². The number of hydrogen-bond acceptors (Lipinski definition) is 5. The monoisotopic (exact) mass is 271 g/mol. The number of hydrogen-bond donors (Lipinski definition) is 0. The van der Waals surface area contributed by atoms with Gasteiger partial charge in [0, 0.05) is 18.8 Å². The van der Waals surface area contributed by atoms with Crippen molar-refractivity contribution < 1.29 is 9.47 Å². The molecule has 1 aromatic heterocycles. The zero-order valence-corrected chi connectivity index (χ0v) is 11.4. The van der Waals surface area contributed by atoms with Crippen LogP contribution in [0.5, 0.6) is 5.88 Å². The molecule has 0 bridgehead atoms. The van der Waals surface area contributed by atoms with Crippen molar-refractivity contribution in [2.75, 3.05) is 31.7 Å². The zero-order valence-electron chi connectivity index (χ0n) is 11.4. The second kappa shape index (κ2) is 5.88. The van der Waals surface area contributed by atoms with E-state index in [1.165, 1.54) is 5.56 Å². The van der Waals surface area contributed by atoms with Crippen LogP contribution in [0, 0.1) is 0 Å². The van der Waals surface area contributed by atoms with E-state index in [9.17, 15) is 0 Å². The molecule has 2 aromatic rings. The van der Waals surface area contributed by atoms with Crippen molar-refractivity contribution in [1.82, 2.24) is 9.97 Å². The van der Waals surface area contributed by atoms with Gasteiger partial charge < -0.3 is 14.4 Å². The van der Waals surface area contributed by atoms with Crippen molar-refractivity contribution >= 4 is 5.95 Å². The number of anilines is 1. The zero-order chi connectivity index (χ0) is 13.8. The SMILES string of the molecule is COc1ccnc(N2CCO[C@@H](c3ccccc3)C2)n1. The van der Waals surface area contributed by atoms with E-state index in [1.54, 1.807) is 19.4 Å². The Balaban J connectivity index is 1.78. The molecule has 0 aliphatic carbocycles. The van der Waals surface area contributed by atoms with Crippen molar-refractivity contribution in [2.45, 2.75) is 6.10 Å². The fourth-order valence-corrected chi connectivity index (χ4v) is 2.30. The maximum Gasteiger partial charge on any atom is 0.228 e. The first-order valence-corrected chi connectivity index (χ1v) is 6.65. The third-order valence-electron chi connectivity index (χ3n) is 3.35. The molecule has 1 aromatic carbocycles. The van der Waals surface area contributed by atoms with Crippen molar-refractivity contribution in [3.8, 4) is 5.88 Å². The fraction of sp³-hybridized carbons (Fsp3) is 0.333. The van der Waals surface area contributed by atoms with Crippen LogP contribution in [0.3, 0.4) is 0 Å². The van der Waals surface area contributed by atoms with Crippen LogP contribution in [0.25, 0.3) is 0 Å². The predicted molar refractivity (Wildman–Crippen MR) is 75.9 cm³/mol. The topological polar surface area (TPSA) is 47.5 Å². The average Bonchev–Trinajstić information content (AvgIpc) is 2.56. The molecule has 0 spiro atoms. The molecule has 104 valence electrons. The highest BCUT2D eigenvalue weighted by Gasteiger charge is 2.23. The van der Waals surface area contributed by atoms with E-state index in [1.807, 2.05) is 18.2 Å². The van der Waals surface area contributed by atoms with Gasteiger partial charge in [0.2, 0.25) is 11.8 Å². The lowest BCUT2D eigenvalue weighted by Gasteiger charge is -2.33. The molecule has 20 heavy (non-hydrogen) atoms. The summed E-state index contributed by atoms with van der Waals surface area (Å²) in [7, 11) is 1.61. The van der Waals surface area contributed by atoms with E-state index in [2.05, 4.69) is 27.0 Å². The normalized spacial score (nSPS) is 18.9. The van der Waals surface area contributed by atoms with Crippen LogP contribution in [0.2, 0.25) is 0 Å². The average molecular weight is 271 g/mol. The molecule has 1 fully saturated rings. The lowest BCUT2D eigenvalue weighted by Crippen LogP contribution is -2.39. The second-order valence-corrected chi connectivity index (χ2v) is 4.62. The van der Waals surface area contributed by atoms with Crippen LogP contribution in [-0.2, 0) is 4.74 Å². The Bertz CT molecular complexity index is 562. The van der Waals surface area contributed by atoms with Gasteiger partial charge in [-0.1, -0.05) is 30.3 Å². The minimum absolute atomic E-state index is 0.0553. The first kappa shape index (κ1) is 12.9. The Hall–Kier alpha value is -2.14. The van der Waals surface area contributed by atoms with Crippen LogP contribution in [-0.4, -0.2) is 36.8 Å². The number of rotatable bonds is 3. The minimum Gasteiger partial charge on any atom is -0.481 e. The standard InChI is InChI=1S/C15H17N3O2/c1-19-14-7-8-16-15(17-14)18-9-10-20-13(11-18)12-5-3-2-4-6-12/h2-8,13H,9-11H2,1H3/t13-/m1/s1. The molecule has 5 nitrogen and oxygen atoms in total. The number of morpholine rings is 1. The van der Waals surface area contributed by atoms with Crippen LogP contribution in [0.1, 0.15) is 11.7 Å². The van der Waals surface area contributed by atoms with E-state index in [-0.39, 0.29) is 6.10 Å². The van der Waals surface area contributed by atoms with Gasteiger partial charge in [-0.15, -0.1) is 0 Å². The number of nitrogens with zero attached hydrogens (tertiary/aromatic N) is 3. The summed E-state index contributed by atoms with van der Waals surface area (Å²) in [5, 5.41) is 0. The fourth-order valence-electron chi connectivity index (χ4n) is 2.30. The van der Waals surface area contributed by atoms with Crippen molar-refractivity contribution in [3.63, 3.8) is 0 Å². The smallest absolute Gasteiger partial charge is 0.228 e. The molecule has 0 unspecified atom stereocenters. The molecule has 1 atom stereocenters. The molecule has 1 aliphatic rings. The summed E-state index contributed by atoms with van der Waals surface area (Å²) in [6, 6.07) is 12.0. The van der Waals surface area contributed by atoms with Gasteiger partial charge in [-0.25, -0.2) is 4.98 Å². The molecule has 5 heteroatoms. The van der Waals surface area contributed by atoms with Crippen LogP contribution < -0.4 is 9.64 Å². The quantitative estimate of drug-likeness (QED) is 0.855. The van der Waals surface area contributed by atoms with Gasteiger partial charge in [-0.2, -0.15) is 4.98 Å². The third-order valence-corrected chi connectivity index (χ3v) is 3.35. The van der Waals surface area contributed by atoms with Crippen LogP contribution in [0.15, 0.2) is 42.6 Å². The largest absolute Gasteiger partial charge is 0.481 e. The Morgan fingerprint density at radius 1 is 1.25 bits per heavy atom. The molecule has 2 heterocycles.